The SMILES string of the molecule is CC(O)(CNC(=O)NC1CCc2cc(F)ccc21)c1cccs1. The molecule has 122 valence electrons. The van der Waals surface area contributed by atoms with Crippen LogP contribution in [-0.2, 0) is 12.0 Å². The van der Waals surface area contributed by atoms with Gasteiger partial charge in [0.05, 0.1) is 12.6 Å². The Labute approximate surface area is 138 Å². The average molecular weight is 334 g/mol. The summed E-state index contributed by atoms with van der Waals surface area (Å²) in [5, 5.41) is 17.9. The molecular weight excluding hydrogens is 315 g/mol. The van der Waals surface area contributed by atoms with Gasteiger partial charge >= 0.3 is 6.03 Å². The first-order chi connectivity index (χ1) is 11.0. The third kappa shape index (κ3) is 3.54. The van der Waals surface area contributed by atoms with Gasteiger partial charge in [0.2, 0.25) is 0 Å². The largest absolute Gasteiger partial charge is 0.383 e. The van der Waals surface area contributed by atoms with Crippen LogP contribution in [0, 0.1) is 5.82 Å². The number of rotatable bonds is 4. The van der Waals surface area contributed by atoms with Gasteiger partial charge in [0, 0.05) is 4.88 Å². The zero-order valence-electron chi connectivity index (χ0n) is 12.8. The molecule has 2 aromatic rings. The molecular formula is C17H19FN2O2S. The van der Waals surface area contributed by atoms with E-state index >= 15 is 0 Å². The summed E-state index contributed by atoms with van der Waals surface area (Å²) in [4.78, 5) is 12.9. The second-order valence-electron chi connectivity index (χ2n) is 6.01. The van der Waals surface area contributed by atoms with Crippen molar-refractivity contribution in [2.24, 2.45) is 0 Å². The van der Waals surface area contributed by atoms with Crippen LogP contribution in [0.1, 0.15) is 35.4 Å². The molecule has 0 aliphatic heterocycles. The van der Waals surface area contributed by atoms with Crippen LogP contribution < -0.4 is 10.6 Å². The van der Waals surface area contributed by atoms with E-state index in [0.29, 0.717) is 0 Å². The summed E-state index contributed by atoms with van der Waals surface area (Å²) in [5.41, 5.74) is 0.815. The highest BCUT2D eigenvalue weighted by molar-refractivity contribution is 7.10. The van der Waals surface area contributed by atoms with Crippen molar-refractivity contribution in [3.63, 3.8) is 0 Å². The average Bonchev–Trinajstić information content (AvgIpc) is 3.16. The summed E-state index contributed by atoms with van der Waals surface area (Å²) in [6, 6.07) is 7.93. The zero-order chi connectivity index (χ0) is 16.4. The Balaban J connectivity index is 1.57. The molecule has 0 saturated carbocycles. The van der Waals surface area contributed by atoms with Crippen molar-refractivity contribution >= 4 is 17.4 Å². The molecule has 1 aromatic heterocycles. The molecule has 3 rings (SSSR count). The van der Waals surface area contributed by atoms with E-state index in [4.69, 9.17) is 0 Å². The Morgan fingerprint density at radius 1 is 1.48 bits per heavy atom. The lowest BCUT2D eigenvalue weighted by Gasteiger charge is -2.23. The molecule has 0 radical (unpaired) electrons. The Morgan fingerprint density at radius 2 is 2.30 bits per heavy atom. The van der Waals surface area contributed by atoms with Crippen LogP contribution in [0.2, 0.25) is 0 Å². The quantitative estimate of drug-likeness (QED) is 0.805. The fraction of sp³-hybridized carbons (Fsp3) is 0.353. The van der Waals surface area contributed by atoms with Crippen molar-refractivity contribution in [2.75, 3.05) is 6.54 Å². The van der Waals surface area contributed by atoms with Crippen molar-refractivity contribution in [3.05, 3.63) is 57.5 Å². The van der Waals surface area contributed by atoms with E-state index in [9.17, 15) is 14.3 Å². The third-order valence-electron chi connectivity index (χ3n) is 4.13. The van der Waals surface area contributed by atoms with Crippen LogP contribution in [0.5, 0.6) is 0 Å². The number of amides is 2. The first kappa shape index (κ1) is 16.0. The van der Waals surface area contributed by atoms with Gasteiger partial charge < -0.3 is 15.7 Å². The summed E-state index contributed by atoms with van der Waals surface area (Å²) >= 11 is 1.45. The van der Waals surface area contributed by atoms with Crippen LogP contribution in [0.4, 0.5) is 9.18 Å². The number of hydrogen-bond acceptors (Lipinski definition) is 3. The number of aliphatic hydroxyl groups is 1. The maximum absolute atomic E-state index is 13.2. The van der Waals surface area contributed by atoms with Gasteiger partial charge in [-0.15, -0.1) is 11.3 Å². The van der Waals surface area contributed by atoms with Gasteiger partial charge in [-0.3, -0.25) is 0 Å². The molecule has 1 heterocycles. The number of carbonyl (C=O) groups is 1. The summed E-state index contributed by atoms with van der Waals surface area (Å²) < 4.78 is 13.2. The fourth-order valence-electron chi connectivity index (χ4n) is 2.87. The van der Waals surface area contributed by atoms with Crippen LogP contribution in [-0.4, -0.2) is 17.7 Å². The molecule has 2 amide bonds. The molecule has 2 unspecified atom stereocenters. The highest BCUT2D eigenvalue weighted by Gasteiger charge is 2.27. The zero-order valence-corrected chi connectivity index (χ0v) is 13.6. The lowest BCUT2D eigenvalue weighted by molar-refractivity contribution is 0.0630. The Kier molecular flexibility index (Phi) is 4.37. The minimum Gasteiger partial charge on any atom is -0.383 e. The number of carbonyl (C=O) groups excluding carboxylic acids is 1. The number of halogens is 1. The molecule has 1 aromatic carbocycles. The van der Waals surface area contributed by atoms with E-state index in [1.807, 2.05) is 17.5 Å². The Morgan fingerprint density at radius 3 is 3.04 bits per heavy atom. The van der Waals surface area contributed by atoms with Crippen LogP contribution >= 0.6 is 11.3 Å². The van der Waals surface area contributed by atoms with Gasteiger partial charge in [-0.05, 0) is 54.5 Å². The molecule has 3 N–H and O–H groups in total. The topological polar surface area (TPSA) is 61.4 Å². The number of aryl methyl sites for hydroxylation is 1. The molecule has 4 nitrogen and oxygen atoms in total. The van der Waals surface area contributed by atoms with E-state index in [1.165, 1.54) is 23.5 Å². The molecule has 1 aliphatic carbocycles. The summed E-state index contributed by atoms with van der Waals surface area (Å²) in [5.74, 6) is -0.249. The van der Waals surface area contributed by atoms with E-state index < -0.39 is 5.60 Å². The number of benzene rings is 1. The minimum absolute atomic E-state index is 0.114. The van der Waals surface area contributed by atoms with Crippen molar-refractivity contribution < 1.29 is 14.3 Å². The van der Waals surface area contributed by atoms with Gasteiger partial charge in [-0.25, -0.2) is 9.18 Å². The lowest BCUT2D eigenvalue weighted by Crippen LogP contribution is -2.44. The first-order valence-corrected chi connectivity index (χ1v) is 8.43. The Bertz CT molecular complexity index is 701. The monoisotopic (exact) mass is 334 g/mol. The van der Waals surface area contributed by atoms with E-state index in [2.05, 4.69) is 10.6 Å². The second kappa shape index (κ2) is 6.29. The highest BCUT2D eigenvalue weighted by Crippen LogP contribution is 2.31. The second-order valence-corrected chi connectivity index (χ2v) is 6.96. The van der Waals surface area contributed by atoms with Crippen LogP contribution in [0.15, 0.2) is 35.7 Å². The van der Waals surface area contributed by atoms with E-state index in [1.54, 1.807) is 13.0 Å². The standard InChI is InChI=1S/C17H19FN2O2S/c1-17(22,15-3-2-8-23-15)10-19-16(21)20-14-7-4-11-9-12(18)5-6-13(11)14/h2-3,5-6,8-9,14,22H,4,7,10H2,1H3,(H2,19,20,21). The molecule has 1 aliphatic rings. The van der Waals surface area contributed by atoms with Gasteiger partial charge in [0.15, 0.2) is 0 Å². The van der Waals surface area contributed by atoms with Gasteiger partial charge in [-0.1, -0.05) is 12.1 Å². The number of nitrogens with one attached hydrogen (secondary N) is 2. The van der Waals surface area contributed by atoms with Crippen LogP contribution in [0.25, 0.3) is 0 Å². The van der Waals surface area contributed by atoms with Crippen molar-refractivity contribution in [2.45, 2.75) is 31.4 Å². The summed E-state index contributed by atoms with van der Waals surface area (Å²) in [7, 11) is 0. The third-order valence-corrected chi connectivity index (χ3v) is 5.26. The molecule has 0 saturated heterocycles. The molecule has 23 heavy (non-hydrogen) atoms. The molecule has 0 bridgehead atoms. The van der Waals surface area contributed by atoms with E-state index in [-0.39, 0.29) is 24.4 Å². The smallest absolute Gasteiger partial charge is 0.315 e. The number of urea groups is 1. The normalized spacial score (nSPS) is 19.0. The highest BCUT2D eigenvalue weighted by atomic mass is 32.1. The predicted molar refractivity (Wildman–Crippen MR) is 87.9 cm³/mol. The van der Waals surface area contributed by atoms with Crippen molar-refractivity contribution in [1.29, 1.82) is 0 Å². The lowest BCUT2D eigenvalue weighted by atomic mass is 10.1. The number of thiophene rings is 1. The molecule has 0 spiro atoms. The first-order valence-electron chi connectivity index (χ1n) is 7.55. The molecule has 2 atom stereocenters. The maximum atomic E-state index is 13.2. The number of fused-ring (bicyclic) bond motifs is 1. The van der Waals surface area contributed by atoms with Gasteiger partial charge in [0.1, 0.15) is 11.4 Å². The maximum Gasteiger partial charge on any atom is 0.315 e. The van der Waals surface area contributed by atoms with Gasteiger partial charge in [-0.2, -0.15) is 0 Å². The predicted octanol–water partition coefficient (Wildman–Crippen LogP) is 3.08. The molecule has 0 fully saturated rings. The number of hydrogen-bond donors (Lipinski definition) is 3. The fourth-order valence-corrected chi connectivity index (χ4v) is 3.66. The van der Waals surface area contributed by atoms with Crippen LogP contribution in [0.3, 0.4) is 0 Å². The van der Waals surface area contributed by atoms with Crippen molar-refractivity contribution in [3.8, 4) is 0 Å². The summed E-state index contributed by atoms with van der Waals surface area (Å²) in [6.07, 6.45) is 1.51. The van der Waals surface area contributed by atoms with Crippen molar-refractivity contribution in [1.82, 2.24) is 10.6 Å². The van der Waals surface area contributed by atoms with Gasteiger partial charge in [0.25, 0.3) is 0 Å². The summed E-state index contributed by atoms with van der Waals surface area (Å²) in [6.45, 7) is 1.80. The Hall–Kier alpha value is -1.92. The minimum atomic E-state index is -1.10. The molecule has 6 heteroatoms. The van der Waals surface area contributed by atoms with E-state index in [0.717, 1.165) is 28.8 Å².